The second kappa shape index (κ2) is 6.25. The minimum absolute atomic E-state index is 0.120. The smallest absolute Gasteiger partial charge is 0.344 e. The van der Waals surface area contributed by atoms with Crippen molar-refractivity contribution in [3.8, 4) is 17.4 Å². The Labute approximate surface area is 119 Å². The first kappa shape index (κ1) is 14.1. The van der Waals surface area contributed by atoms with Crippen LogP contribution in [0.15, 0.2) is 24.3 Å². The number of hydrogen-bond acceptors (Lipinski definition) is 6. The average molecular weight is 298 g/mol. The SMILES string of the molecule is CCOC(=O)COc1nc(-c2ccc(Cl)cc2)n(O)n1. The minimum atomic E-state index is -0.533. The molecule has 0 unspecified atom stereocenters. The molecule has 8 heteroatoms. The van der Waals surface area contributed by atoms with Crippen molar-refractivity contribution < 1.29 is 19.5 Å². The topological polar surface area (TPSA) is 86.5 Å². The molecular formula is C12H12ClN3O4. The van der Waals surface area contributed by atoms with Gasteiger partial charge in [-0.3, -0.25) is 0 Å². The highest BCUT2D eigenvalue weighted by atomic mass is 35.5. The quantitative estimate of drug-likeness (QED) is 0.668. The van der Waals surface area contributed by atoms with Crippen molar-refractivity contribution in [1.82, 2.24) is 14.9 Å². The van der Waals surface area contributed by atoms with Crippen LogP contribution in [-0.2, 0) is 9.53 Å². The molecule has 0 fully saturated rings. The first-order chi connectivity index (χ1) is 9.60. The molecule has 0 amide bonds. The molecule has 0 aliphatic heterocycles. The summed E-state index contributed by atoms with van der Waals surface area (Å²) in [7, 11) is 0. The lowest BCUT2D eigenvalue weighted by Crippen LogP contribution is -2.15. The summed E-state index contributed by atoms with van der Waals surface area (Å²) >= 11 is 5.78. The maximum Gasteiger partial charge on any atom is 0.344 e. The van der Waals surface area contributed by atoms with E-state index in [0.29, 0.717) is 15.4 Å². The Morgan fingerprint density at radius 2 is 2.10 bits per heavy atom. The molecular weight excluding hydrogens is 286 g/mol. The van der Waals surface area contributed by atoms with Crippen LogP contribution in [0.5, 0.6) is 6.01 Å². The van der Waals surface area contributed by atoms with Gasteiger partial charge in [-0.15, -0.1) is 0 Å². The summed E-state index contributed by atoms with van der Waals surface area (Å²) < 4.78 is 9.72. The van der Waals surface area contributed by atoms with Gasteiger partial charge >= 0.3 is 12.0 Å². The zero-order valence-electron chi connectivity index (χ0n) is 10.6. The van der Waals surface area contributed by atoms with Gasteiger partial charge in [-0.25, -0.2) is 4.79 Å². The molecule has 0 bridgehead atoms. The van der Waals surface area contributed by atoms with Gasteiger partial charge in [-0.1, -0.05) is 21.5 Å². The van der Waals surface area contributed by atoms with E-state index < -0.39 is 5.97 Å². The van der Waals surface area contributed by atoms with Crippen molar-refractivity contribution in [2.24, 2.45) is 0 Å². The van der Waals surface area contributed by atoms with E-state index in [9.17, 15) is 10.0 Å². The number of hydrogen-bond donors (Lipinski definition) is 1. The fourth-order valence-corrected chi connectivity index (χ4v) is 1.58. The van der Waals surface area contributed by atoms with Crippen molar-refractivity contribution in [3.05, 3.63) is 29.3 Å². The van der Waals surface area contributed by atoms with Crippen molar-refractivity contribution in [1.29, 1.82) is 0 Å². The molecule has 1 aromatic heterocycles. The van der Waals surface area contributed by atoms with Crippen LogP contribution in [0, 0.1) is 0 Å². The third-order valence-corrected chi connectivity index (χ3v) is 2.55. The Kier molecular flexibility index (Phi) is 4.41. The van der Waals surface area contributed by atoms with Crippen molar-refractivity contribution in [2.45, 2.75) is 6.92 Å². The van der Waals surface area contributed by atoms with E-state index in [2.05, 4.69) is 10.1 Å². The second-order valence-corrected chi connectivity index (χ2v) is 4.14. The van der Waals surface area contributed by atoms with E-state index in [4.69, 9.17) is 21.1 Å². The fraction of sp³-hybridized carbons (Fsp3) is 0.250. The highest BCUT2D eigenvalue weighted by Gasteiger charge is 2.14. The van der Waals surface area contributed by atoms with Crippen LogP contribution in [0.3, 0.4) is 0 Å². The number of carbonyl (C=O) groups is 1. The third-order valence-electron chi connectivity index (χ3n) is 2.30. The summed E-state index contributed by atoms with van der Waals surface area (Å²) in [5, 5.41) is 13.8. The van der Waals surface area contributed by atoms with Crippen molar-refractivity contribution in [2.75, 3.05) is 13.2 Å². The van der Waals surface area contributed by atoms with Crippen molar-refractivity contribution >= 4 is 17.6 Å². The van der Waals surface area contributed by atoms with Gasteiger partial charge in [0.1, 0.15) is 0 Å². The van der Waals surface area contributed by atoms with Crippen molar-refractivity contribution in [3.63, 3.8) is 0 Å². The fourth-order valence-electron chi connectivity index (χ4n) is 1.45. The molecule has 0 spiro atoms. The molecule has 1 aromatic carbocycles. The van der Waals surface area contributed by atoms with Crippen LogP contribution in [-0.4, -0.2) is 39.3 Å². The molecule has 7 nitrogen and oxygen atoms in total. The molecule has 0 atom stereocenters. The van der Waals surface area contributed by atoms with E-state index in [1.165, 1.54) is 0 Å². The number of carbonyl (C=O) groups excluding carboxylic acids is 1. The van der Waals surface area contributed by atoms with Gasteiger partial charge in [-0.2, -0.15) is 4.98 Å². The first-order valence-corrected chi connectivity index (χ1v) is 6.18. The number of esters is 1. The zero-order valence-corrected chi connectivity index (χ0v) is 11.4. The predicted octanol–water partition coefficient (Wildman–Crippen LogP) is 1.78. The van der Waals surface area contributed by atoms with E-state index in [-0.39, 0.29) is 25.0 Å². The lowest BCUT2D eigenvalue weighted by atomic mass is 10.2. The first-order valence-electron chi connectivity index (χ1n) is 5.81. The Balaban J connectivity index is 2.09. The third kappa shape index (κ3) is 3.39. The van der Waals surface area contributed by atoms with Gasteiger partial charge in [0.05, 0.1) is 6.61 Å². The summed E-state index contributed by atoms with van der Waals surface area (Å²) in [4.78, 5) is 15.7. The number of ether oxygens (including phenoxy) is 2. The Bertz CT molecular complexity index is 597. The van der Waals surface area contributed by atoms with Crippen LogP contribution < -0.4 is 4.74 Å². The van der Waals surface area contributed by atoms with Crippen LogP contribution in [0.2, 0.25) is 5.02 Å². The number of halogens is 1. The van der Waals surface area contributed by atoms with Gasteiger partial charge in [0, 0.05) is 10.6 Å². The van der Waals surface area contributed by atoms with E-state index in [0.717, 1.165) is 0 Å². The molecule has 0 saturated heterocycles. The van der Waals surface area contributed by atoms with Gasteiger partial charge in [-0.05, 0) is 31.2 Å². The van der Waals surface area contributed by atoms with Crippen LogP contribution in [0.1, 0.15) is 6.92 Å². The van der Waals surface area contributed by atoms with Gasteiger partial charge in [0.25, 0.3) is 0 Å². The van der Waals surface area contributed by atoms with Gasteiger partial charge in [0.15, 0.2) is 6.61 Å². The lowest BCUT2D eigenvalue weighted by Gasteiger charge is -2.00. The normalized spacial score (nSPS) is 10.3. The standard InChI is InChI=1S/C12H12ClN3O4/c1-2-19-10(17)7-20-12-14-11(16(18)15-12)8-3-5-9(13)6-4-8/h3-6,18H,2,7H2,1H3. The summed E-state index contributed by atoms with van der Waals surface area (Å²) in [6.07, 6.45) is 0. The molecule has 106 valence electrons. The maximum atomic E-state index is 11.1. The molecule has 0 radical (unpaired) electrons. The molecule has 20 heavy (non-hydrogen) atoms. The largest absolute Gasteiger partial charge is 0.463 e. The molecule has 2 aromatic rings. The zero-order chi connectivity index (χ0) is 14.5. The summed E-state index contributed by atoms with van der Waals surface area (Å²) in [6, 6.07) is 6.54. The van der Waals surface area contributed by atoms with Crippen LogP contribution >= 0.6 is 11.6 Å². The number of benzene rings is 1. The Morgan fingerprint density at radius 3 is 2.75 bits per heavy atom. The maximum absolute atomic E-state index is 11.1. The Hall–Kier alpha value is -2.28. The van der Waals surface area contributed by atoms with Crippen LogP contribution in [0.25, 0.3) is 11.4 Å². The molecule has 2 rings (SSSR count). The van der Waals surface area contributed by atoms with Gasteiger partial charge < -0.3 is 14.7 Å². The molecule has 1 N–H and O–H groups in total. The van der Waals surface area contributed by atoms with E-state index >= 15 is 0 Å². The van der Waals surface area contributed by atoms with E-state index in [1.54, 1.807) is 31.2 Å². The second-order valence-electron chi connectivity index (χ2n) is 3.71. The molecule has 0 saturated carbocycles. The molecule has 1 heterocycles. The van der Waals surface area contributed by atoms with E-state index in [1.807, 2.05) is 0 Å². The minimum Gasteiger partial charge on any atom is -0.463 e. The van der Waals surface area contributed by atoms with Gasteiger partial charge in [0.2, 0.25) is 5.82 Å². The average Bonchev–Trinajstić information content (AvgIpc) is 2.79. The lowest BCUT2D eigenvalue weighted by molar-refractivity contribution is -0.145. The predicted molar refractivity (Wildman–Crippen MR) is 69.8 cm³/mol. The summed E-state index contributed by atoms with van der Waals surface area (Å²) in [5.74, 6) is -0.352. The summed E-state index contributed by atoms with van der Waals surface area (Å²) in [5.41, 5.74) is 0.607. The Morgan fingerprint density at radius 1 is 1.40 bits per heavy atom. The highest BCUT2D eigenvalue weighted by molar-refractivity contribution is 6.30. The van der Waals surface area contributed by atoms with Crippen LogP contribution in [0.4, 0.5) is 0 Å². The number of rotatable bonds is 5. The number of aromatic nitrogens is 3. The highest BCUT2D eigenvalue weighted by Crippen LogP contribution is 2.20. The monoisotopic (exact) mass is 297 g/mol. The number of nitrogens with zero attached hydrogens (tertiary/aromatic N) is 3. The summed E-state index contributed by atoms with van der Waals surface area (Å²) in [6.45, 7) is 1.63. The molecule has 0 aliphatic rings. The molecule has 0 aliphatic carbocycles.